The van der Waals surface area contributed by atoms with E-state index in [1.54, 1.807) is 6.07 Å². The van der Waals surface area contributed by atoms with Gasteiger partial charge >= 0.3 is 5.97 Å². The Kier molecular flexibility index (Phi) is 4.21. The zero-order chi connectivity index (χ0) is 14.2. The second kappa shape index (κ2) is 5.55. The summed E-state index contributed by atoms with van der Waals surface area (Å²) >= 11 is 23.7. The first-order chi connectivity index (χ1) is 8.90. The molecule has 2 rings (SSSR count). The summed E-state index contributed by atoms with van der Waals surface area (Å²) in [6, 6.07) is 4.53. The summed E-state index contributed by atoms with van der Waals surface area (Å²) in [6.07, 6.45) is 1.36. The molecule has 1 heterocycles. The van der Waals surface area contributed by atoms with Gasteiger partial charge in [-0.1, -0.05) is 46.4 Å². The number of benzene rings is 1. The molecule has 19 heavy (non-hydrogen) atoms. The van der Waals surface area contributed by atoms with Crippen LogP contribution in [0.25, 0.3) is 11.1 Å². The van der Waals surface area contributed by atoms with E-state index in [-0.39, 0.29) is 10.7 Å². The van der Waals surface area contributed by atoms with Crippen LogP contribution in [0.1, 0.15) is 10.5 Å². The molecule has 1 aromatic heterocycles. The monoisotopic (exact) mass is 335 g/mol. The van der Waals surface area contributed by atoms with Crippen LogP contribution in [0.2, 0.25) is 20.1 Å². The van der Waals surface area contributed by atoms with E-state index in [1.807, 2.05) is 0 Å². The van der Waals surface area contributed by atoms with Crippen LogP contribution in [0.3, 0.4) is 0 Å². The Labute approximate surface area is 128 Å². The van der Waals surface area contributed by atoms with Crippen molar-refractivity contribution in [3.63, 3.8) is 0 Å². The first-order valence-corrected chi connectivity index (χ1v) is 6.45. The van der Waals surface area contributed by atoms with Crippen LogP contribution in [-0.2, 0) is 0 Å². The lowest BCUT2D eigenvalue weighted by Crippen LogP contribution is -2.01. The predicted octanol–water partition coefficient (Wildman–Crippen LogP) is 5.06. The molecule has 0 aliphatic carbocycles. The molecule has 98 valence electrons. The molecule has 0 radical (unpaired) electrons. The summed E-state index contributed by atoms with van der Waals surface area (Å²) in [5.41, 5.74) is 0.905. The molecule has 0 unspecified atom stereocenters. The lowest BCUT2D eigenvalue weighted by Gasteiger charge is -2.07. The summed E-state index contributed by atoms with van der Waals surface area (Å²) in [4.78, 5) is 14.6. The molecule has 0 aliphatic heterocycles. The highest BCUT2D eigenvalue weighted by molar-refractivity contribution is 6.44. The maximum absolute atomic E-state index is 10.8. The number of nitrogens with zero attached hydrogens (tertiary/aromatic N) is 1. The molecule has 0 aliphatic rings. The van der Waals surface area contributed by atoms with Gasteiger partial charge in [-0.2, -0.15) is 0 Å². The maximum atomic E-state index is 10.8. The molecule has 2 aromatic rings. The van der Waals surface area contributed by atoms with Gasteiger partial charge in [0.15, 0.2) is 5.69 Å². The summed E-state index contributed by atoms with van der Waals surface area (Å²) in [5, 5.41) is 9.90. The molecule has 0 spiro atoms. The minimum absolute atomic E-state index is 0.0205. The van der Waals surface area contributed by atoms with Gasteiger partial charge in [-0.3, -0.25) is 0 Å². The van der Waals surface area contributed by atoms with Crippen molar-refractivity contribution in [2.75, 3.05) is 0 Å². The number of hydrogen-bond donors (Lipinski definition) is 1. The summed E-state index contributed by atoms with van der Waals surface area (Å²) < 4.78 is 0. The summed E-state index contributed by atoms with van der Waals surface area (Å²) in [6.45, 7) is 0. The Morgan fingerprint density at radius 1 is 0.947 bits per heavy atom. The van der Waals surface area contributed by atoms with Gasteiger partial charge in [0.2, 0.25) is 0 Å². The quantitative estimate of drug-likeness (QED) is 0.780. The molecule has 3 nitrogen and oxygen atoms in total. The topological polar surface area (TPSA) is 50.2 Å². The van der Waals surface area contributed by atoms with E-state index in [0.717, 1.165) is 0 Å². The number of aromatic nitrogens is 1. The summed E-state index contributed by atoms with van der Waals surface area (Å²) in [5.74, 6) is -1.20. The van der Waals surface area contributed by atoms with Crippen LogP contribution in [-0.4, -0.2) is 16.1 Å². The zero-order valence-electron chi connectivity index (χ0n) is 9.12. The molecule has 7 heteroatoms. The molecule has 0 fully saturated rings. The van der Waals surface area contributed by atoms with E-state index < -0.39 is 5.97 Å². The van der Waals surface area contributed by atoms with Gasteiger partial charge in [-0.15, -0.1) is 0 Å². The van der Waals surface area contributed by atoms with Crippen molar-refractivity contribution >= 4 is 52.4 Å². The van der Waals surface area contributed by atoms with E-state index in [0.29, 0.717) is 26.2 Å². The van der Waals surface area contributed by atoms with E-state index in [4.69, 9.17) is 51.5 Å². The van der Waals surface area contributed by atoms with Crippen molar-refractivity contribution in [3.8, 4) is 11.1 Å². The Morgan fingerprint density at radius 3 is 2.16 bits per heavy atom. The number of pyridine rings is 1. The highest BCUT2D eigenvalue weighted by Gasteiger charge is 2.14. The van der Waals surface area contributed by atoms with Crippen LogP contribution in [0.15, 0.2) is 24.4 Å². The van der Waals surface area contributed by atoms with Gasteiger partial charge in [-0.05, 0) is 18.2 Å². The van der Waals surface area contributed by atoms with Crippen LogP contribution < -0.4 is 0 Å². The number of aromatic carboxylic acids is 1. The highest BCUT2D eigenvalue weighted by atomic mass is 35.5. The van der Waals surface area contributed by atoms with E-state index in [2.05, 4.69) is 4.98 Å². The number of halogens is 4. The fourth-order valence-electron chi connectivity index (χ4n) is 1.49. The average Bonchev–Trinajstić information content (AvgIpc) is 2.33. The molecule has 0 saturated heterocycles. The summed E-state index contributed by atoms with van der Waals surface area (Å²) in [7, 11) is 0. The first-order valence-electron chi connectivity index (χ1n) is 4.94. The Bertz CT molecular complexity index is 673. The molecule has 1 N–H and O–H groups in total. The largest absolute Gasteiger partial charge is 0.476 e. The third-order valence-electron chi connectivity index (χ3n) is 2.36. The van der Waals surface area contributed by atoms with Crippen molar-refractivity contribution in [1.82, 2.24) is 4.98 Å². The molecule has 0 saturated carbocycles. The van der Waals surface area contributed by atoms with Gasteiger partial charge in [-0.25, -0.2) is 9.78 Å². The second-order valence-corrected chi connectivity index (χ2v) is 5.23. The average molecular weight is 337 g/mol. The van der Waals surface area contributed by atoms with Crippen molar-refractivity contribution < 1.29 is 9.90 Å². The third kappa shape index (κ3) is 2.95. The number of hydrogen-bond acceptors (Lipinski definition) is 2. The van der Waals surface area contributed by atoms with Crippen molar-refractivity contribution in [1.29, 1.82) is 0 Å². The van der Waals surface area contributed by atoms with Crippen molar-refractivity contribution in [2.45, 2.75) is 0 Å². The van der Waals surface area contributed by atoms with Gasteiger partial charge in [0.05, 0.1) is 20.1 Å². The van der Waals surface area contributed by atoms with Crippen molar-refractivity contribution in [2.24, 2.45) is 0 Å². The predicted molar refractivity (Wildman–Crippen MR) is 76.7 cm³/mol. The van der Waals surface area contributed by atoms with Crippen LogP contribution in [0.5, 0.6) is 0 Å². The number of rotatable bonds is 2. The fraction of sp³-hybridized carbons (Fsp3) is 0. The SMILES string of the molecule is O=C(O)c1ncc(-c2cc(Cl)c(Cl)cc2Cl)cc1Cl. The molecular formula is C12H5Cl4NO2. The number of carbonyl (C=O) groups is 1. The van der Waals surface area contributed by atoms with Gasteiger partial charge in [0.1, 0.15) is 0 Å². The minimum Gasteiger partial charge on any atom is -0.476 e. The zero-order valence-corrected chi connectivity index (χ0v) is 12.1. The fourth-order valence-corrected chi connectivity index (χ4v) is 2.39. The molecule has 0 atom stereocenters. The molecule has 0 bridgehead atoms. The Balaban J connectivity index is 2.57. The van der Waals surface area contributed by atoms with E-state index in [9.17, 15) is 4.79 Å². The van der Waals surface area contributed by atoms with Crippen LogP contribution in [0.4, 0.5) is 0 Å². The lowest BCUT2D eigenvalue weighted by molar-refractivity contribution is 0.0691. The van der Waals surface area contributed by atoms with Crippen LogP contribution >= 0.6 is 46.4 Å². The highest BCUT2D eigenvalue weighted by Crippen LogP contribution is 2.36. The van der Waals surface area contributed by atoms with E-state index in [1.165, 1.54) is 18.3 Å². The number of carboxylic acid groups (broad SMARTS) is 1. The normalized spacial score (nSPS) is 10.5. The smallest absolute Gasteiger partial charge is 0.356 e. The van der Waals surface area contributed by atoms with Gasteiger partial charge in [0, 0.05) is 17.3 Å². The molecular weight excluding hydrogens is 332 g/mol. The number of carboxylic acids is 1. The van der Waals surface area contributed by atoms with Gasteiger partial charge < -0.3 is 5.11 Å². The Morgan fingerprint density at radius 2 is 1.58 bits per heavy atom. The van der Waals surface area contributed by atoms with Crippen molar-refractivity contribution in [3.05, 3.63) is 50.2 Å². The second-order valence-electron chi connectivity index (χ2n) is 3.61. The minimum atomic E-state index is -1.20. The van der Waals surface area contributed by atoms with E-state index >= 15 is 0 Å². The Hall–Kier alpha value is -1.000. The lowest BCUT2D eigenvalue weighted by atomic mass is 10.1. The third-order valence-corrected chi connectivity index (χ3v) is 3.69. The van der Waals surface area contributed by atoms with Crippen LogP contribution in [0, 0.1) is 0 Å². The molecule has 0 amide bonds. The van der Waals surface area contributed by atoms with Gasteiger partial charge in [0.25, 0.3) is 0 Å². The first kappa shape index (κ1) is 14.4. The maximum Gasteiger partial charge on any atom is 0.356 e. The standard InChI is InChI=1S/C12H5Cl4NO2/c13-7-3-9(15)8(14)2-6(7)5-1-10(16)11(12(18)19)17-4-5/h1-4H,(H,18,19). The molecule has 1 aromatic carbocycles.